The Labute approximate surface area is 110 Å². The molecule has 4 nitrogen and oxygen atoms in total. The van der Waals surface area contributed by atoms with Crippen LogP contribution in [0, 0.1) is 0 Å². The van der Waals surface area contributed by atoms with Crippen LogP contribution in [0.2, 0.25) is 5.15 Å². The molecule has 0 atom stereocenters. The quantitative estimate of drug-likeness (QED) is 0.666. The summed E-state index contributed by atoms with van der Waals surface area (Å²) in [5.41, 5.74) is 6.15. The molecule has 0 saturated carbocycles. The lowest BCUT2D eigenvalue weighted by Crippen LogP contribution is -2.10. The molecule has 0 amide bonds. The van der Waals surface area contributed by atoms with Gasteiger partial charge in [0.1, 0.15) is 24.1 Å². The molecule has 0 aliphatic carbocycles. The van der Waals surface area contributed by atoms with Gasteiger partial charge in [0.05, 0.1) is 5.69 Å². The minimum atomic E-state index is 0.333. The van der Waals surface area contributed by atoms with Crippen molar-refractivity contribution in [2.24, 2.45) is 0 Å². The number of halogens is 1. The van der Waals surface area contributed by atoms with Gasteiger partial charge in [-0.1, -0.05) is 29.8 Å². The lowest BCUT2D eigenvalue weighted by molar-refractivity contribution is 0.213. The molecule has 2 rings (SSSR count). The zero-order chi connectivity index (χ0) is 12.8. The maximum atomic E-state index is 5.75. The number of benzene rings is 1. The van der Waals surface area contributed by atoms with Gasteiger partial charge in [0.15, 0.2) is 0 Å². The van der Waals surface area contributed by atoms with Gasteiger partial charge in [-0.25, -0.2) is 0 Å². The van der Waals surface area contributed by atoms with Crippen LogP contribution in [0.25, 0.3) is 0 Å². The van der Waals surface area contributed by atoms with E-state index in [1.165, 1.54) is 0 Å². The van der Waals surface area contributed by atoms with Crippen LogP contribution in [-0.2, 0) is 0 Å². The number of anilines is 1. The second-order valence-electron chi connectivity index (χ2n) is 3.54. The van der Waals surface area contributed by atoms with Crippen molar-refractivity contribution in [3.63, 3.8) is 0 Å². The third kappa shape index (κ3) is 3.53. The third-order valence-electron chi connectivity index (χ3n) is 2.19. The largest absolute Gasteiger partial charge is 0.490 e. The van der Waals surface area contributed by atoms with E-state index in [4.69, 9.17) is 26.8 Å². The van der Waals surface area contributed by atoms with Crippen molar-refractivity contribution in [1.29, 1.82) is 0 Å². The molecule has 0 spiro atoms. The summed E-state index contributed by atoms with van der Waals surface area (Å²) in [6.07, 6.45) is 0. The van der Waals surface area contributed by atoms with Crippen molar-refractivity contribution in [3.05, 3.63) is 47.6 Å². The lowest BCUT2D eigenvalue weighted by atomic mass is 10.3. The average molecular weight is 265 g/mol. The number of aromatic nitrogens is 1. The monoisotopic (exact) mass is 264 g/mol. The fourth-order valence-electron chi connectivity index (χ4n) is 1.36. The van der Waals surface area contributed by atoms with E-state index in [0.29, 0.717) is 29.9 Å². The van der Waals surface area contributed by atoms with Crippen LogP contribution in [0.15, 0.2) is 42.5 Å². The normalized spacial score (nSPS) is 10.1. The topological polar surface area (TPSA) is 57.4 Å². The van der Waals surface area contributed by atoms with Crippen LogP contribution in [0.3, 0.4) is 0 Å². The highest BCUT2D eigenvalue weighted by Gasteiger charge is 2.03. The molecule has 1 aromatic carbocycles. The molecule has 1 heterocycles. The van der Waals surface area contributed by atoms with Gasteiger partial charge in [-0.3, -0.25) is 0 Å². The Kier molecular flexibility index (Phi) is 4.25. The molecular weight excluding hydrogens is 252 g/mol. The summed E-state index contributed by atoms with van der Waals surface area (Å²) in [6.45, 7) is 0.768. The van der Waals surface area contributed by atoms with E-state index in [1.54, 1.807) is 12.1 Å². The standard InChI is InChI=1S/C13H13ClN2O2/c14-12-7-6-11(15)13(16-12)18-9-8-17-10-4-2-1-3-5-10/h1-7H,8-9,15H2. The average Bonchev–Trinajstić information content (AvgIpc) is 2.40. The van der Waals surface area contributed by atoms with Gasteiger partial charge >= 0.3 is 0 Å². The van der Waals surface area contributed by atoms with Crippen molar-refractivity contribution in [2.45, 2.75) is 0 Å². The van der Waals surface area contributed by atoms with Gasteiger partial charge in [0, 0.05) is 0 Å². The minimum absolute atomic E-state index is 0.333. The van der Waals surface area contributed by atoms with E-state index < -0.39 is 0 Å². The molecule has 1 aromatic heterocycles. The first-order valence-corrected chi connectivity index (χ1v) is 5.86. The number of nitrogens with two attached hydrogens (primary N) is 1. The summed E-state index contributed by atoms with van der Waals surface area (Å²) in [4.78, 5) is 3.98. The lowest BCUT2D eigenvalue weighted by Gasteiger charge is -2.09. The number of nitrogens with zero attached hydrogens (tertiary/aromatic N) is 1. The Balaban J connectivity index is 1.80. The predicted molar refractivity (Wildman–Crippen MR) is 71.1 cm³/mol. The second kappa shape index (κ2) is 6.12. The molecule has 18 heavy (non-hydrogen) atoms. The zero-order valence-corrected chi connectivity index (χ0v) is 10.4. The Morgan fingerprint density at radius 1 is 1.00 bits per heavy atom. The van der Waals surface area contributed by atoms with Gasteiger partial charge in [-0.2, -0.15) is 4.98 Å². The zero-order valence-electron chi connectivity index (χ0n) is 9.67. The second-order valence-corrected chi connectivity index (χ2v) is 3.93. The molecule has 0 aliphatic rings. The SMILES string of the molecule is Nc1ccc(Cl)nc1OCCOc1ccccc1. The smallest absolute Gasteiger partial charge is 0.238 e. The van der Waals surface area contributed by atoms with E-state index in [2.05, 4.69) is 4.98 Å². The van der Waals surface area contributed by atoms with Crippen LogP contribution in [-0.4, -0.2) is 18.2 Å². The maximum absolute atomic E-state index is 5.75. The van der Waals surface area contributed by atoms with Gasteiger partial charge in [-0.05, 0) is 24.3 Å². The Hall–Kier alpha value is -1.94. The first kappa shape index (κ1) is 12.5. The first-order valence-electron chi connectivity index (χ1n) is 5.48. The molecule has 0 bridgehead atoms. The van der Waals surface area contributed by atoms with Crippen molar-refractivity contribution >= 4 is 17.3 Å². The molecule has 5 heteroatoms. The summed E-state index contributed by atoms with van der Waals surface area (Å²) in [5.74, 6) is 1.13. The molecule has 2 aromatic rings. The first-order chi connectivity index (χ1) is 8.75. The molecule has 0 radical (unpaired) electrons. The Morgan fingerprint density at radius 3 is 2.50 bits per heavy atom. The third-order valence-corrected chi connectivity index (χ3v) is 2.40. The number of hydrogen-bond donors (Lipinski definition) is 1. The summed E-state index contributed by atoms with van der Waals surface area (Å²) >= 11 is 5.75. The number of ether oxygens (including phenoxy) is 2. The van der Waals surface area contributed by atoms with E-state index in [0.717, 1.165) is 5.75 Å². The van der Waals surface area contributed by atoms with Crippen LogP contribution in [0.5, 0.6) is 11.6 Å². The minimum Gasteiger partial charge on any atom is -0.490 e. The van der Waals surface area contributed by atoms with Crippen LogP contribution < -0.4 is 15.2 Å². The highest BCUT2D eigenvalue weighted by atomic mass is 35.5. The van der Waals surface area contributed by atoms with Gasteiger partial charge in [0.25, 0.3) is 0 Å². The van der Waals surface area contributed by atoms with E-state index >= 15 is 0 Å². The maximum Gasteiger partial charge on any atom is 0.238 e. The molecule has 0 aliphatic heterocycles. The van der Waals surface area contributed by atoms with Crippen molar-refractivity contribution in [1.82, 2.24) is 4.98 Å². The Bertz CT molecular complexity index is 506. The van der Waals surface area contributed by atoms with Gasteiger partial charge in [0.2, 0.25) is 5.88 Å². The summed E-state index contributed by atoms with van der Waals surface area (Å²) < 4.78 is 10.9. The Morgan fingerprint density at radius 2 is 1.72 bits per heavy atom. The van der Waals surface area contributed by atoms with Crippen LogP contribution >= 0.6 is 11.6 Å². The summed E-state index contributed by atoms with van der Waals surface area (Å²) in [5, 5.41) is 0.350. The van der Waals surface area contributed by atoms with Crippen LogP contribution in [0.1, 0.15) is 0 Å². The highest BCUT2D eigenvalue weighted by molar-refractivity contribution is 6.29. The van der Waals surface area contributed by atoms with Gasteiger partial charge in [-0.15, -0.1) is 0 Å². The number of hydrogen-bond acceptors (Lipinski definition) is 4. The number of pyridine rings is 1. The predicted octanol–water partition coefficient (Wildman–Crippen LogP) is 2.78. The molecule has 2 N–H and O–H groups in total. The number of rotatable bonds is 5. The molecule has 0 fully saturated rings. The van der Waals surface area contributed by atoms with E-state index in [-0.39, 0.29) is 0 Å². The van der Waals surface area contributed by atoms with Crippen LogP contribution in [0.4, 0.5) is 5.69 Å². The van der Waals surface area contributed by atoms with Crippen molar-refractivity contribution in [2.75, 3.05) is 18.9 Å². The summed E-state index contributed by atoms with van der Waals surface area (Å²) in [7, 11) is 0. The van der Waals surface area contributed by atoms with E-state index in [1.807, 2.05) is 30.3 Å². The fourth-order valence-corrected chi connectivity index (χ4v) is 1.50. The molecule has 0 unspecified atom stereocenters. The summed E-state index contributed by atoms with van der Waals surface area (Å²) in [6, 6.07) is 12.8. The molecule has 0 saturated heterocycles. The van der Waals surface area contributed by atoms with Gasteiger partial charge < -0.3 is 15.2 Å². The van der Waals surface area contributed by atoms with Crippen molar-refractivity contribution < 1.29 is 9.47 Å². The molecule has 94 valence electrons. The number of nitrogen functional groups attached to an aromatic ring is 1. The van der Waals surface area contributed by atoms with Crippen molar-refractivity contribution in [3.8, 4) is 11.6 Å². The fraction of sp³-hybridized carbons (Fsp3) is 0.154. The van der Waals surface area contributed by atoms with E-state index in [9.17, 15) is 0 Å². The number of para-hydroxylation sites is 1. The highest BCUT2D eigenvalue weighted by Crippen LogP contribution is 2.20. The molecular formula is C13H13ClN2O2.